The number of rotatable bonds is 5. The van der Waals surface area contributed by atoms with Crippen molar-refractivity contribution in [2.75, 3.05) is 0 Å². The van der Waals surface area contributed by atoms with E-state index in [1.54, 1.807) is 6.92 Å². The molecule has 0 aliphatic rings. The molecule has 0 unspecified atom stereocenters. The maximum atomic E-state index is 12.2. The van der Waals surface area contributed by atoms with E-state index in [1.165, 1.54) is 0 Å². The molecule has 0 aliphatic carbocycles. The van der Waals surface area contributed by atoms with Gasteiger partial charge in [0.1, 0.15) is 11.3 Å². The van der Waals surface area contributed by atoms with Crippen molar-refractivity contribution in [1.29, 1.82) is 0 Å². The highest BCUT2D eigenvalue weighted by atomic mass is 19.3. The fourth-order valence-corrected chi connectivity index (χ4v) is 1.72. The van der Waals surface area contributed by atoms with Gasteiger partial charge in [0.15, 0.2) is 5.78 Å². The number of benzene rings is 1. The molecule has 0 heterocycles. The summed E-state index contributed by atoms with van der Waals surface area (Å²) in [6.45, 7) is -0.297. The Balaban J connectivity index is 3.47. The predicted molar refractivity (Wildman–Crippen MR) is 59.1 cm³/mol. The minimum atomic E-state index is -3.04. The smallest absolute Gasteiger partial charge is 0.387 e. The van der Waals surface area contributed by atoms with Crippen molar-refractivity contribution in [2.24, 2.45) is 0 Å². The van der Waals surface area contributed by atoms with E-state index < -0.39 is 23.0 Å². The van der Waals surface area contributed by atoms with E-state index in [1.807, 2.05) is 0 Å². The lowest BCUT2D eigenvalue weighted by Crippen LogP contribution is -2.10. The molecule has 18 heavy (non-hydrogen) atoms. The molecule has 0 amide bonds. The predicted octanol–water partition coefficient (Wildman–Crippen LogP) is 2.96. The first-order chi connectivity index (χ1) is 8.38. The highest BCUT2D eigenvalue weighted by molar-refractivity contribution is 6.00. The van der Waals surface area contributed by atoms with Gasteiger partial charge in [0, 0.05) is 11.6 Å². The fraction of sp³-hybridized carbons (Fsp3) is 0.364. The topological polar surface area (TPSA) is 69.4 Å². The van der Waals surface area contributed by atoms with Crippen LogP contribution < -0.4 is 4.74 Å². The van der Waals surface area contributed by atoms with Crippen molar-refractivity contribution in [3.05, 3.63) is 33.4 Å². The number of nitro benzene ring substituents is 1. The Hall–Kier alpha value is -2.05. The van der Waals surface area contributed by atoms with E-state index in [4.69, 9.17) is 0 Å². The zero-order valence-electron chi connectivity index (χ0n) is 9.78. The summed E-state index contributed by atoms with van der Waals surface area (Å²) in [6.07, 6.45) is 0.179. The van der Waals surface area contributed by atoms with Gasteiger partial charge < -0.3 is 4.74 Å². The maximum Gasteiger partial charge on any atom is 0.387 e. The number of hydrogen-bond donors (Lipinski definition) is 0. The van der Waals surface area contributed by atoms with E-state index in [0.717, 1.165) is 19.1 Å². The Bertz CT molecular complexity index is 488. The molecular weight excluding hydrogens is 248 g/mol. The number of alkyl halides is 2. The van der Waals surface area contributed by atoms with Gasteiger partial charge in [-0.2, -0.15) is 8.78 Å². The summed E-state index contributed by atoms with van der Waals surface area (Å²) in [5.41, 5.74) is -0.460. The molecule has 1 rings (SSSR count). The standard InChI is InChI=1S/C11H11F2NO4/c1-3-7-9(18-11(12)13)5-4-8(14(16)17)10(7)6(2)15/h4-5,11H,3H2,1-2H3. The number of carbonyl (C=O) groups excluding carboxylic acids is 1. The van der Waals surface area contributed by atoms with Crippen LogP contribution in [0, 0.1) is 10.1 Å². The number of halogens is 2. The molecule has 0 saturated heterocycles. The van der Waals surface area contributed by atoms with E-state index >= 15 is 0 Å². The molecule has 0 N–H and O–H groups in total. The fourth-order valence-electron chi connectivity index (χ4n) is 1.72. The van der Waals surface area contributed by atoms with Crippen molar-refractivity contribution in [1.82, 2.24) is 0 Å². The molecule has 0 spiro atoms. The molecule has 0 aliphatic heterocycles. The van der Waals surface area contributed by atoms with Crippen molar-refractivity contribution < 1.29 is 23.2 Å². The molecule has 0 atom stereocenters. The van der Waals surface area contributed by atoms with Crippen LogP contribution in [0.2, 0.25) is 0 Å². The number of nitro groups is 1. The van der Waals surface area contributed by atoms with Crippen LogP contribution in [0.1, 0.15) is 29.8 Å². The zero-order chi connectivity index (χ0) is 13.9. The van der Waals surface area contributed by atoms with Crippen LogP contribution in [-0.4, -0.2) is 17.3 Å². The summed E-state index contributed by atoms with van der Waals surface area (Å²) >= 11 is 0. The minimum Gasteiger partial charge on any atom is -0.435 e. The summed E-state index contributed by atoms with van der Waals surface area (Å²) in [5, 5.41) is 10.8. The summed E-state index contributed by atoms with van der Waals surface area (Å²) in [7, 11) is 0. The van der Waals surface area contributed by atoms with Crippen LogP contribution in [0.3, 0.4) is 0 Å². The van der Waals surface area contributed by atoms with E-state index in [9.17, 15) is 23.7 Å². The van der Waals surface area contributed by atoms with E-state index in [-0.39, 0.29) is 23.3 Å². The average molecular weight is 259 g/mol. The Kier molecular flexibility index (Phi) is 4.30. The number of hydrogen-bond acceptors (Lipinski definition) is 4. The lowest BCUT2D eigenvalue weighted by Gasteiger charge is -2.12. The Morgan fingerprint density at radius 1 is 1.50 bits per heavy atom. The monoisotopic (exact) mass is 259 g/mol. The molecule has 1 aromatic rings. The molecular formula is C11H11F2NO4. The highest BCUT2D eigenvalue weighted by Gasteiger charge is 2.24. The Morgan fingerprint density at radius 2 is 2.11 bits per heavy atom. The molecule has 0 bridgehead atoms. The van der Waals surface area contributed by atoms with Crippen LogP contribution in [0.25, 0.3) is 0 Å². The quantitative estimate of drug-likeness (QED) is 0.463. The first-order valence-electron chi connectivity index (χ1n) is 5.14. The molecule has 98 valence electrons. The van der Waals surface area contributed by atoms with Crippen molar-refractivity contribution >= 4 is 11.5 Å². The van der Waals surface area contributed by atoms with Gasteiger partial charge >= 0.3 is 6.61 Å². The van der Waals surface area contributed by atoms with Gasteiger partial charge in [0.2, 0.25) is 0 Å². The normalized spacial score (nSPS) is 10.5. The summed E-state index contributed by atoms with van der Waals surface area (Å²) < 4.78 is 28.6. The first kappa shape index (κ1) is 14.0. The summed E-state index contributed by atoms with van der Waals surface area (Å²) in [6, 6.07) is 2.07. The van der Waals surface area contributed by atoms with E-state index in [2.05, 4.69) is 4.74 Å². The molecule has 0 fully saturated rings. The number of ketones is 1. The average Bonchev–Trinajstić information content (AvgIpc) is 2.26. The van der Waals surface area contributed by atoms with Gasteiger partial charge in [-0.25, -0.2) is 0 Å². The number of nitrogens with zero attached hydrogens (tertiary/aromatic N) is 1. The third kappa shape index (κ3) is 2.79. The van der Waals surface area contributed by atoms with Gasteiger partial charge in [0.25, 0.3) is 5.69 Å². The number of ether oxygens (including phenoxy) is 1. The Morgan fingerprint density at radius 3 is 2.50 bits per heavy atom. The molecule has 0 radical (unpaired) electrons. The molecule has 5 nitrogen and oxygen atoms in total. The van der Waals surface area contributed by atoms with Gasteiger partial charge in [-0.05, 0) is 19.4 Å². The number of carbonyl (C=O) groups is 1. The lowest BCUT2D eigenvalue weighted by molar-refractivity contribution is -0.385. The van der Waals surface area contributed by atoms with Crippen molar-refractivity contribution in [2.45, 2.75) is 26.9 Å². The summed E-state index contributed by atoms with van der Waals surface area (Å²) in [5.74, 6) is -0.762. The molecule has 1 aromatic carbocycles. The third-order valence-electron chi connectivity index (χ3n) is 2.37. The maximum absolute atomic E-state index is 12.2. The van der Waals surface area contributed by atoms with Crippen LogP contribution in [0.4, 0.5) is 14.5 Å². The largest absolute Gasteiger partial charge is 0.435 e. The molecule has 7 heteroatoms. The van der Waals surface area contributed by atoms with Crippen LogP contribution in [0.15, 0.2) is 12.1 Å². The van der Waals surface area contributed by atoms with Gasteiger partial charge in [0.05, 0.1) is 4.92 Å². The van der Waals surface area contributed by atoms with Gasteiger partial charge in [-0.1, -0.05) is 6.92 Å². The lowest BCUT2D eigenvalue weighted by atomic mass is 9.99. The summed E-state index contributed by atoms with van der Waals surface area (Å²) in [4.78, 5) is 21.5. The first-order valence-corrected chi connectivity index (χ1v) is 5.14. The Labute approximate surface area is 102 Å². The zero-order valence-corrected chi connectivity index (χ0v) is 9.78. The van der Waals surface area contributed by atoms with Gasteiger partial charge in [-0.3, -0.25) is 14.9 Å². The number of Topliss-reactive ketones (excluding diaryl/α,β-unsaturated/α-hetero) is 1. The van der Waals surface area contributed by atoms with Crippen LogP contribution in [0.5, 0.6) is 5.75 Å². The minimum absolute atomic E-state index is 0.122. The molecule has 0 aromatic heterocycles. The second-order valence-electron chi connectivity index (χ2n) is 3.48. The van der Waals surface area contributed by atoms with Crippen LogP contribution in [-0.2, 0) is 6.42 Å². The van der Waals surface area contributed by atoms with Crippen LogP contribution >= 0.6 is 0 Å². The van der Waals surface area contributed by atoms with Gasteiger partial charge in [-0.15, -0.1) is 0 Å². The van der Waals surface area contributed by atoms with Crippen molar-refractivity contribution in [3.8, 4) is 5.75 Å². The third-order valence-corrected chi connectivity index (χ3v) is 2.37. The molecule has 0 saturated carbocycles. The second kappa shape index (κ2) is 5.52. The highest BCUT2D eigenvalue weighted by Crippen LogP contribution is 2.32. The van der Waals surface area contributed by atoms with Crippen molar-refractivity contribution in [3.63, 3.8) is 0 Å². The van der Waals surface area contributed by atoms with E-state index in [0.29, 0.717) is 0 Å². The second-order valence-corrected chi connectivity index (χ2v) is 3.48. The SMILES string of the molecule is CCc1c(OC(F)F)ccc([N+](=O)[O-])c1C(C)=O.